The van der Waals surface area contributed by atoms with Crippen LogP contribution in [0.2, 0.25) is 0 Å². The highest BCUT2D eigenvalue weighted by Gasteiger charge is 2.12. The first-order valence-electron chi connectivity index (χ1n) is 5.37. The number of fused-ring (bicyclic) bond motifs is 1. The highest BCUT2D eigenvalue weighted by atomic mass is 32.1. The van der Waals surface area contributed by atoms with E-state index >= 15 is 0 Å². The fraction of sp³-hybridized carbons (Fsp3) is 0.182. The summed E-state index contributed by atoms with van der Waals surface area (Å²) in [6, 6.07) is 3.40. The molecule has 0 bridgehead atoms. The zero-order chi connectivity index (χ0) is 12.9. The number of nitrogens with two attached hydrogens (primary N) is 1. The monoisotopic (exact) mass is 261 g/mol. The Balaban J connectivity index is 2.29. The number of nitrogens with zero attached hydrogens (tertiary/aromatic N) is 3. The molecule has 0 aromatic carbocycles. The SMILES string of the molecule is Cc1cc(=O)n2[nH]c(-c3cc(C)sc3N)nc2n1. The Morgan fingerprint density at radius 3 is 2.78 bits per heavy atom. The molecule has 6 nitrogen and oxygen atoms in total. The number of aromatic amines is 1. The maximum Gasteiger partial charge on any atom is 0.274 e. The average Bonchev–Trinajstić information content (AvgIpc) is 2.81. The Morgan fingerprint density at radius 2 is 2.11 bits per heavy atom. The van der Waals surface area contributed by atoms with Crippen LogP contribution in [0.25, 0.3) is 17.2 Å². The highest BCUT2D eigenvalue weighted by Crippen LogP contribution is 2.31. The van der Waals surface area contributed by atoms with Gasteiger partial charge in [-0.2, -0.15) is 9.50 Å². The minimum absolute atomic E-state index is 0.179. The average molecular weight is 261 g/mol. The molecule has 0 aliphatic carbocycles. The van der Waals surface area contributed by atoms with Gasteiger partial charge in [0.15, 0.2) is 5.82 Å². The first kappa shape index (κ1) is 11.0. The first-order chi connectivity index (χ1) is 8.54. The number of rotatable bonds is 1. The van der Waals surface area contributed by atoms with Gasteiger partial charge in [0, 0.05) is 16.6 Å². The molecule has 0 atom stereocenters. The summed E-state index contributed by atoms with van der Waals surface area (Å²) < 4.78 is 1.31. The summed E-state index contributed by atoms with van der Waals surface area (Å²) in [4.78, 5) is 21.4. The lowest BCUT2D eigenvalue weighted by molar-refractivity contribution is 0.892. The van der Waals surface area contributed by atoms with Crippen LogP contribution in [0.1, 0.15) is 10.6 Å². The fourth-order valence-corrected chi connectivity index (χ4v) is 2.62. The molecule has 0 unspecified atom stereocenters. The van der Waals surface area contributed by atoms with E-state index in [2.05, 4.69) is 15.1 Å². The highest BCUT2D eigenvalue weighted by molar-refractivity contribution is 7.16. The number of anilines is 1. The molecule has 0 saturated heterocycles. The van der Waals surface area contributed by atoms with Crippen molar-refractivity contribution in [3.63, 3.8) is 0 Å². The van der Waals surface area contributed by atoms with Crippen LogP contribution in [0, 0.1) is 13.8 Å². The second-order valence-corrected chi connectivity index (χ2v) is 5.37. The number of aryl methyl sites for hydroxylation is 2. The van der Waals surface area contributed by atoms with E-state index < -0.39 is 0 Å². The molecule has 0 amide bonds. The molecule has 0 aliphatic heterocycles. The molecule has 3 N–H and O–H groups in total. The van der Waals surface area contributed by atoms with E-state index in [1.165, 1.54) is 21.9 Å². The zero-order valence-electron chi connectivity index (χ0n) is 9.89. The zero-order valence-corrected chi connectivity index (χ0v) is 10.7. The van der Waals surface area contributed by atoms with Crippen molar-refractivity contribution in [3.8, 4) is 11.4 Å². The van der Waals surface area contributed by atoms with Crippen molar-refractivity contribution in [2.45, 2.75) is 13.8 Å². The van der Waals surface area contributed by atoms with Gasteiger partial charge in [0.25, 0.3) is 11.3 Å². The maximum absolute atomic E-state index is 11.8. The van der Waals surface area contributed by atoms with Crippen LogP contribution < -0.4 is 11.3 Å². The van der Waals surface area contributed by atoms with Gasteiger partial charge < -0.3 is 5.73 Å². The van der Waals surface area contributed by atoms with Gasteiger partial charge >= 0.3 is 0 Å². The van der Waals surface area contributed by atoms with Gasteiger partial charge in [-0.05, 0) is 19.9 Å². The number of nitrogen functional groups attached to an aromatic ring is 1. The summed E-state index contributed by atoms with van der Waals surface area (Å²) in [6.07, 6.45) is 0. The third kappa shape index (κ3) is 1.60. The van der Waals surface area contributed by atoms with Crippen molar-refractivity contribution in [2.24, 2.45) is 0 Å². The molecule has 92 valence electrons. The Morgan fingerprint density at radius 1 is 1.33 bits per heavy atom. The van der Waals surface area contributed by atoms with E-state index in [1.54, 1.807) is 6.92 Å². The predicted molar refractivity (Wildman–Crippen MR) is 70.8 cm³/mol. The van der Waals surface area contributed by atoms with Gasteiger partial charge in [-0.25, -0.2) is 4.98 Å². The fourth-order valence-electron chi connectivity index (χ4n) is 1.83. The third-order valence-electron chi connectivity index (χ3n) is 2.60. The molecule has 7 heteroatoms. The van der Waals surface area contributed by atoms with E-state index in [0.717, 1.165) is 10.4 Å². The molecule has 3 rings (SSSR count). The van der Waals surface area contributed by atoms with Crippen LogP contribution in [0.5, 0.6) is 0 Å². The van der Waals surface area contributed by atoms with Crippen LogP contribution in [0.3, 0.4) is 0 Å². The first-order valence-corrected chi connectivity index (χ1v) is 6.19. The van der Waals surface area contributed by atoms with Crippen LogP contribution in [-0.2, 0) is 0 Å². The Kier molecular flexibility index (Phi) is 2.24. The molecule has 3 aromatic rings. The van der Waals surface area contributed by atoms with Crippen molar-refractivity contribution in [1.29, 1.82) is 0 Å². The van der Waals surface area contributed by atoms with E-state index in [1.807, 2.05) is 13.0 Å². The van der Waals surface area contributed by atoms with Gasteiger partial charge in [-0.3, -0.25) is 9.89 Å². The molecular formula is C11H11N5OS. The number of thiophene rings is 1. The van der Waals surface area contributed by atoms with Crippen LogP contribution in [0.15, 0.2) is 16.9 Å². The molecule has 3 heterocycles. The lowest BCUT2D eigenvalue weighted by atomic mass is 10.3. The molecule has 0 fully saturated rings. The second-order valence-electron chi connectivity index (χ2n) is 4.08. The maximum atomic E-state index is 11.8. The molecule has 18 heavy (non-hydrogen) atoms. The predicted octanol–water partition coefficient (Wildman–Crippen LogP) is 1.35. The van der Waals surface area contributed by atoms with Gasteiger partial charge in [0.2, 0.25) is 0 Å². The van der Waals surface area contributed by atoms with E-state index in [4.69, 9.17) is 5.73 Å². The van der Waals surface area contributed by atoms with Gasteiger partial charge in [-0.15, -0.1) is 11.3 Å². The minimum atomic E-state index is -0.179. The van der Waals surface area contributed by atoms with E-state index in [9.17, 15) is 4.79 Å². The van der Waals surface area contributed by atoms with Crippen LogP contribution >= 0.6 is 11.3 Å². The van der Waals surface area contributed by atoms with Crippen molar-refractivity contribution in [1.82, 2.24) is 19.6 Å². The van der Waals surface area contributed by atoms with Gasteiger partial charge in [0.05, 0.1) is 10.6 Å². The lowest BCUT2D eigenvalue weighted by Gasteiger charge is -1.92. The normalized spacial score (nSPS) is 11.2. The third-order valence-corrected chi connectivity index (χ3v) is 3.48. The summed E-state index contributed by atoms with van der Waals surface area (Å²) in [5, 5.41) is 3.60. The second kappa shape index (κ2) is 3.67. The Hall–Kier alpha value is -2.15. The summed E-state index contributed by atoms with van der Waals surface area (Å²) in [5.41, 5.74) is 7.19. The quantitative estimate of drug-likeness (QED) is 0.692. The van der Waals surface area contributed by atoms with Gasteiger partial charge in [0.1, 0.15) is 0 Å². The van der Waals surface area contributed by atoms with Crippen LogP contribution in [-0.4, -0.2) is 19.6 Å². The topological polar surface area (TPSA) is 89.1 Å². The smallest absolute Gasteiger partial charge is 0.274 e. The van der Waals surface area contributed by atoms with Crippen molar-refractivity contribution in [2.75, 3.05) is 5.73 Å². The van der Waals surface area contributed by atoms with Crippen molar-refractivity contribution in [3.05, 3.63) is 33.1 Å². The van der Waals surface area contributed by atoms with Crippen LogP contribution in [0.4, 0.5) is 5.00 Å². The number of aromatic nitrogens is 4. The number of hydrogen-bond donors (Lipinski definition) is 2. The van der Waals surface area contributed by atoms with Crippen molar-refractivity contribution >= 4 is 22.1 Å². The summed E-state index contributed by atoms with van der Waals surface area (Å²) in [7, 11) is 0. The number of nitrogens with one attached hydrogen (secondary N) is 1. The Bertz CT molecular complexity index is 797. The molecule has 0 spiro atoms. The standard InChI is InChI=1S/C11H11N5OS/c1-5-3-8(17)16-11(13-5)14-10(15-16)7-4-6(2)18-9(7)12/h3-4H,12H2,1-2H3,(H,13,14,15). The lowest BCUT2D eigenvalue weighted by Crippen LogP contribution is -2.14. The molecule has 0 radical (unpaired) electrons. The summed E-state index contributed by atoms with van der Waals surface area (Å²) in [6.45, 7) is 3.74. The van der Waals surface area contributed by atoms with Crippen molar-refractivity contribution < 1.29 is 0 Å². The summed E-state index contributed by atoms with van der Waals surface area (Å²) >= 11 is 1.49. The molecule has 0 aliphatic rings. The van der Waals surface area contributed by atoms with E-state index in [0.29, 0.717) is 22.3 Å². The number of hydrogen-bond acceptors (Lipinski definition) is 5. The summed E-state index contributed by atoms with van der Waals surface area (Å²) in [5.74, 6) is 0.922. The Labute approximate surface area is 106 Å². The molecular weight excluding hydrogens is 250 g/mol. The largest absolute Gasteiger partial charge is 0.390 e. The molecule has 3 aromatic heterocycles. The van der Waals surface area contributed by atoms with E-state index in [-0.39, 0.29) is 5.56 Å². The number of H-pyrrole nitrogens is 1. The van der Waals surface area contributed by atoms with Gasteiger partial charge in [-0.1, -0.05) is 0 Å². The minimum Gasteiger partial charge on any atom is -0.390 e. The molecule has 0 saturated carbocycles.